The molecule has 30 heavy (non-hydrogen) atoms. The van der Waals surface area contributed by atoms with E-state index in [0.717, 1.165) is 31.5 Å². The molecule has 7 nitrogen and oxygen atoms in total. The third-order valence-corrected chi connectivity index (χ3v) is 4.95. The first-order chi connectivity index (χ1) is 14.5. The van der Waals surface area contributed by atoms with E-state index in [1.165, 1.54) is 19.8 Å². The van der Waals surface area contributed by atoms with E-state index in [-0.39, 0.29) is 24.3 Å². The summed E-state index contributed by atoms with van der Waals surface area (Å²) in [6.45, 7) is 3.05. The summed E-state index contributed by atoms with van der Waals surface area (Å²) >= 11 is 0. The lowest BCUT2D eigenvalue weighted by Crippen LogP contribution is -2.35. The standard InChI is InChI=1S/C23H28N4O3/c1-17(28)24-19-8-6-18(7-9-19)16-22(29)25-20-10-12-21(13-11-20)26-23(30)27-14-4-2-3-5-15-27/h6-13H,2-5,14-16H2,1H3,(H,24,28)(H,25,29)(H,26,30). The largest absolute Gasteiger partial charge is 0.326 e. The van der Waals surface area contributed by atoms with Crippen molar-refractivity contribution in [1.29, 1.82) is 0 Å². The smallest absolute Gasteiger partial charge is 0.321 e. The van der Waals surface area contributed by atoms with E-state index in [2.05, 4.69) is 16.0 Å². The van der Waals surface area contributed by atoms with E-state index < -0.39 is 0 Å². The highest BCUT2D eigenvalue weighted by atomic mass is 16.2. The lowest BCUT2D eigenvalue weighted by atomic mass is 10.1. The number of carbonyl (C=O) groups excluding carboxylic acids is 3. The third-order valence-electron chi connectivity index (χ3n) is 4.95. The van der Waals surface area contributed by atoms with E-state index in [0.29, 0.717) is 17.1 Å². The van der Waals surface area contributed by atoms with Gasteiger partial charge >= 0.3 is 6.03 Å². The Morgan fingerprint density at radius 3 is 1.80 bits per heavy atom. The minimum atomic E-state index is -0.136. The molecule has 0 bridgehead atoms. The first kappa shape index (κ1) is 21.4. The first-order valence-corrected chi connectivity index (χ1v) is 10.3. The van der Waals surface area contributed by atoms with Gasteiger partial charge in [0.2, 0.25) is 11.8 Å². The van der Waals surface area contributed by atoms with E-state index in [1.54, 1.807) is 36.4 Å². The lowest BCUT2D eigenvalue weighted by Gasteiger charge is -2.20. The third kappa shape index (κ3) is 6.62. The van der Waals surface area contributed by atoms with Crippen LogP contribution in [-0.4, -0.2) is 35.8 Å². The molecule has 3 rings (SSSR count). The number of likely N-dealkylation sites (tertiary alicyclic amines) is 1. The molecular weight excluding hydrogens is 380 g/mol. The molecule has 1 aliphatic rings. The highest BCUT2D eigenvalue weighted by Crippen LogP contribution is 2.17. The van der Waals surface area contributed by atoms with Crippen LogP contribution in [0.15, 0.2) is 48.5 Å². The van der Waals surface area contributed by atoms with Crippen molar-refractivity contribution in [3.8, 4) is 0 Å². The quantitative estimate of drug-likeness (QED) is 0.691. The average Bonchev–Trinajstić information content (AvgIpc) is 3.00. The molecule has 1 fully saturated rings. The number of anilines is 3. The Kier molecular flexibility index (Phi) is 7.43. The molecule has 0 radical (unpaired) electrons. The Morgan fingerprint density at radius 2 is 1.23 bits per heavy atom. The topological polar surface area (TPSA) is 90.5 Å². The van der Waals surface area contributed by atoms with Gasteiger partial charge in [0, 0.05) is 37.1 Å². The fourth-order valence-corrected chi connectivity index (χ4v) is 3.41. The summed E-state index contributed by atoms with van der Waals surface area (Å²) in [5, 5.41) is 8.48. The van der Waals surface area contributed by atoms with E-state index in [4.69, 9.17) is 0 Å². The predicted octanol–water partition coefficient (Wildman–Crippen LogP) is 4.23. The highest BCUT2D eigenvalue weighted by molar-refractivity contribution is 5.93. The van der Waals surface area contributed by atoms with Crippen molar-refractivity contribution in [3.05, 3.63) is 54.1 Å². The molecule has 0 aliphatic carbocycles. The number of rotatable bonds is 5. The molecule has 7 heteroatoms. The molecule has 2 aromatic carbocycles. The van der Waals surface area contributed by atoms with Gasteiger partial charge in [-0.25, -0.2) is 4.79 Å². The van der Waals surface area contributed by atoms with Crippen LogP contribution in [0.5, 0.6) is 0 Å². The molecule has 1 aliphatic heterocycles. The summed E-state index contributed by atoms with van der Waals surface area (Å²) in [4.78, 5) is 37.6. The summed E-state index contributed by atoms with van der Waals surface area (Å²) in [7, 11) is 0. The zero-order valence-electron chi connectivity index (χ0n) is 17.2. The van der Waals surface area contributed by atoms with Gasteiger partial charge in [0.25, 0.3) is 0 Å². The van der Waals surface area contributed by atoms with E-state index in [1.807, 2.05) is 17.0 Å². The van der Waals surface area contributed by atoms with Crippen molar-refractivity contribution in [3.63, 3.8) is 0 Å². The van der Waals surface area contributed by atoms with Crippen molar-refractivity contribution < 1.29 is 14.4 Å². The lowest BCUT2D eigenvalue weighted by molar-refractivity contribution is -0.116. The second-order valence-electron chi connectivity index (χ2n) is 7.51. The molecular formula is C23H28N4O3. The number of amides is 4. The molecule has 3 N–H and O–H groups in total. The maximum absolute atomic E-state index is 12.4. The van der Waals surface area contributed by atoms with Crippen molar-refractivity contribution >= 4 is 34.9 Å². The van der Waals surface area contributed by atoms with E-state index in [9.17, 15) is 14.4 Å². The minimum Gasteiger partial charge on any atom is -0.326 e. The number of hydrogen-bond acceptors (Lipinski definition) is 3. The van der Waals surface area contributed by atoms with Gasteiger partial charge in [-0.1, -0.05) is 25.0 Å². The van der Waals surface area contributed by atoms with Gasteiger partial charge in [0.05, 0.1) is 6.42 Å². The average molecular weight is 409 g/mol. The van der Waals surface area contributed by atoms with Crippen LogP contribution in [-0.2, 0) is 16.0 Å². The number of nitrogens with one attached hydrogen (secondary N) is 3. The fraction of sp³-hybridized carbons (Fsp3) is 0.348. The van der Waals surface area contributed by atoms with E-state index >= 15 is 0 Å². The number of urea groups is 1. The molecule has 0 spiro atoms. The van der Waals surface area contributed by atoms with Crippen LogP contribution in [0.25, 0.3) is 0 Å². The molecule has 2 aromatic rings. The van der Waals surface area contributed by atoms with Gasteiger partial charge in [-0.05, 0) is 54.8 Å². The molecule has 0 atom stereocenters. The molecule has 1 saturated heterocycles. The molecule has 4 amide bonds. The zero-order valence-corrected chi connectivity index (χ0v) is 17.2. The number of hydrogen-bond donors (Lipinski definition) is 3. The van der Waals surface area contributed by atoms with Gasteiger partial charge < -0.3 is 20.9 Å². The van der Waals surface area contributed by atoms with Gasteiger partial charge in [0.1, 0.15) is 0 Å². The molecule has 0 aromatic heterocycles. The minimum absolute atomic E-state index is 0.0728. The maximum Gasteiger partial charge on any atom is 0.321 e. The summed E-state index contributed by atoms with van der Waals surface area (Å²) in [5.41, 5.74) is 2.92. The fourth-order valence-electron chi connectivity index (χ4n) is 3.41. The summed E-state index contributed by atoms with van der Waals surface area (Å²) in [5.74, 6) is -0.268. The first-order valence-electron chi connectivity index (χ1n) is 10.3. The summed E-state index contributed by atoms with van der Waals surface area (Å²) in [6.07, 6.45) is 4.69. The molecule has 0 saturated carbocycles. The van der Waals surface area contributed by atoms with Crippen molar-refractivity contribution in [2.75, 3.05) is 29.0 Å². The normalized spacial score (nSPS) is 13.8. The second-order valence-corrected chi connectivity index (χ2v) is 7.51. The van der Waals surface area contributed by atoms with Crippen LogP contribution in [0.1, 0.15) is 38.2 Å². The van der Waals surface area contributed by atoms with Crippen molar-refractivity contribution in [2.45, 2.75) is 39.0 Å². The molecule has 158 valence electrons. The Hall–Kier alpha value is -3.35. The van der Waals surface area contributed by atoms with Crippen molar-refractivity contribution in [2.24, 2.45) is 0 Å². The molecule has 1 heterocycles. The van der Waals surface area contributed by atoms with Gasteiger partial charge in [-0.2, -0.15) is 0 Å². The molecule has 0 unspecified atom stereocenters. The van der Waals surface area contributed by atoms with Crippen LogP contribution in [0.3, 0.4) is 0 Å². The predicted molar refractivity (Wildman–Crippen MR) is 119 cm³/mol. The van der Waals surface area contributed by atoms with Crippen LogP contribution < -0.4 is 16.0 Å². The van der Waals surface area contributed by atoms with Crippen LogP contribution >= 0.6 is 0 Å². The van der Waals surface area contributed by atoms with Crippen LogP contribution in [0, 0.1) is 0 Å². The van der Waals surface area contributed by atoms with Crippen LogP contribution in [0.2, 0.25) is 0 Å². The van der Waals surface area contributed by atoms with Gasteiger partial charge in [-0.15, -0.1) is 0 Å². The summed E-state index contributed by atoms with van der Waals surface area (Å²) < 4.78 is 0. The van der Waals surface area contributed by atoms with Crippen LogP contribution in [0.4, 0.5) is 21.9 Å². The Bertz CT molecular complexity index is 870. The monoisotopic (exact) mass is 408 g/mol. The SMILES string of the molecule is CC(=O)Nc1ccc(CC(=O)Nc2ccc(NC(=O)N3CCCCCC3)cc2)cc1. The Labute approximate surface area is 176 Å². The van der Waals surface area contributed by atoms with Gasteiger partial charge in [0.15, 0.2) is 0 Å². The number of benzene rings is 2. The Morgan fingerprint density at radius 1 is 0.733 bits per heavy atom. The highest BCUT2D eigenvalue weighted by Gasteiger charge is 2.15. The van der Waals surface area contributed by atoms with Crippen molar-refractivity contribution in [1.82, 2.24) is 4.90 Å². The summed E-state index contributed by atoms with van der Waals surface area (Å²) in [6, 6.07) is 14.2. The second kappa shape index (κ2) is 10.4. The maximum atomic E-state index is 12.4. The van der Waals surface area contributed by atoms with Gasteiger partial charge in [-0.3, -0.25) is 9.59 Å². The number of carbonyl (C=O) groups is 3. The number of nitrogens with zero attached hydrogens (tertiary/aromatic N) is 1. The zero-order chi connectivity index (χ0) is 21.3. The Balaban J connectivity index is 1.49.